The van der Waals surface area contributed by atoms with Gasteiger partial charge in [0.15, 0.2) is 0 Å². The molecule has 0 heterocycles. The van der Waals surface area contributed by atoms with Crippen LogP contribution in [0, 0.1) is 11.8 Å². The Hall–Kier alpha value is -1.07. The van der Waals surface area contributed by atoms with E-state index in [0.29, 0.717) is 5.56 Å². The van der Waals surface area contributed by atoms with E-state index in [9.17, 15) is 4.57 Å². The molecule has 2 N–H and O–H groups in total. The monoisotopic (exact) mass is 336 g/mol. The topological polar surface area (TPSA) is 57.5 Å². The number of hydrogen-bond donors (Lipinski definition) is 2. The van der Waals surface area contributed by atoms with Crippen LogP contribution in [0.15, 0.2) is 24.3 Å². The van der Waals surface area contributed by atoms with Gasteiger partial charge in [0.2, 0.25) is 0 Å². The van der Waals surface area contributed by atoms with Crippen LogP contribution in [0.25, 0.3) is 0 Å². The summed E-state index contributed by atoms with van der Waals surface area (Å²) in [5.74, 6) is 6.09. The average molecular weight is 336 g/mol. The van der Waals surface area contributed by atoms with Gasteiger partial charge in [-0.3, -0.25) is 4.57 Å². The lowest BCUT2D eigenvalue weighted by molar-refractivity contribution is 0.387. The predicted molar refractivity (Wildman–Crippen MR) is 96.8 cm³/mol. The summed E-state index contributed by atoms with van der Waals surface area (Å²) in [6, 6.07) is 6.33. The van der Waals surface area contributed by atoms with Crippen LogP contribution in [0.5, 0.6) is 0 Å². The average Bonchev–Trinajstić information content (AvgIpc) is 2.52. The molecule has 1 rings (SSSR count). The zero-order chi connectivity index (χ0) is 17.0. The number of unbranched alkanes of at least 4 members (excludes halogenated alkanes) is 9. The summed E-state index contributed by atoms with van der Waals surface area (Å²) < 4.78 is 11.2. The van der Waals surface area contributed by atoms with Gasteiger partial charge in [0.1, 0.15) is 0 Å². The first-order valence-corrected chi connectivity index (χ1v) is 10.3. The summed E-state index contributed by atoms with van der Waals surface area (Å²) >= 11 is 0. The highest BCUT2D eigenvalue weighted by molar-refractivity contribution is 7.60. The minimum absolute atomic E-state index is 0.0346. The predicted octanol–water partition coefficient (Wildman–Crippen LogP) is 4.76. The molecule has 0 radical (unpaired) electrons. The highest BCUT2D eigenvalue weighted by atomic mass is 31.2. The molecule has 1 aromatic carbocycles. The van der Waals surface area contributed by atoms with E-state index in [1.807, 2.05) is 0 Å². The second kappa shape index (κ2) is 11.5. The van der Waals surface area contributed by atoms with Crippen LogP contribution in [-0.2, 0) is 4.57 Å². The molecule has 4 heteroatoms. The van der Waals surface area contributed by atoms with Gasteiger partial charge in [-0.15, -0.1) is 0 Å². The van der Waals surface area contributed by atoms with Crippen molar-refractivity contribution in [2.75, 3.05) is 0 Å². The largest absolute Gasteiger partial charge is 0.356 e. The van der Waals surface area contributed by atoms with Gasteiger partial charge < -0.3 is 9.79 Å². The van der Waals surface area contributed by atoms with Crippen molar-refractivity contribution < 1.29 is 14.4 Å². The van der Waals surface area contributed by atoms with E-state index in [2.05, 4.69) is 18.8 Å². The van der Waals surface area contributed by atoms with Gasteiger partial charge in [-0.2, -0.15) is 0 Å². The Labute approximate surface area is 140 Å². The number of hydrogen-bond acceptors (Lipinski definition) is 1. The Morgan fingerprint density at radius 1 is 0.957 bits per heavy atom. The summed E-state index contributed by atoms with van der Waals surface area (Å²) in [6.07, 6.45) is 12.5. The van der Waals surface area contributed by atoms with Gasteiger partial charge in [-0.1, -0.05) is 76.2 Å². The van der Waals surface area contributed by atoms with E-state index in [4.69, 9.17) is 9.79 Å². The maximum atomic E-state index is 11.2. The molecule has 0 aliphatic rings. The standard InChI is InChI=1S/C19H29O3P/c1-2-3-4-5-6-7-8-9-10-11-12-14-18-15-13-16-19(17-18)23(20,21)22/h13,15-17H,2-11H2,1H3,(H2,20,21,22). The normalized spacial score (nSPS) is 11.1. The molecular formula is C19H29O3P. The lowest BCUT2D eigenvalue weighted by Crippen LogP contribution is -2.03. The third-order valence-electron chi connectivity index (χ3n) is 3.82. The first-order chi connectivity index (χ1) is 11.0. The maximum Gasteiger partial charge on any atom is 0.356 e. The molecule has 0 aliphatic heterocycles. The fourth-order valence-corrected chi connectivity index (χ4v) is 3.04. The minimum Gasteiger partial charge on any atom is -0.321 e. The van der Waals surface area contributed by atoms with Gasteiger partial charge in [0.25, 0.3) is 0 Å². The molecule has 0 unspecified atom stereocenters. The molecule has 23 heavy (non-hydrogen) atoms. The molecule has 0 aliphatic carbocycles. The van der Waals surface area contributed by atoms with Gasteiger partial charge in [0.05, 0.1) is 5.30 Å². The zero-order valence-electron chi connectivity index (χ0n) is 14.1. The quantitative estimate of drug-likeness (QED) is 0.368. The molecule has 0 atom stereocenters. The van der Waals surface area contributed by atoms with Gasteiger partial charge in [-0.05, 0) is 24.6 Å². The molecule has 0 saturated heterocycles. The van der Waals surface area contributed by atoms with E-state index in [0.717, 1.165) is 12.8 Å². The lowest BCUT2D eigenvalue weighted by Gasteiger charge is -2.03. The molecule has 0 fully saturated rings. The van der Waals surface area contributed by atoms with E-state index in [1.165, 1.54) is 63.5 Å². The Balaban J connectivity index is 2.17. The number of rotatable bonds is 10. The third-order valence-corrected chi connectivity index (χ3v) is 4.77. The van der Waals surface area contributed by atoms with Crippen molar-refractivity contribution >= 4 is 12.9 Å². The highest BCUT2D eigenvalue weighted by Crippen LogP contribution is 2.32. The summed E-state index contributed by atoms with van der Waals surface area (Å²) in [5.41, 5.74) is 0.668. The van der Waals surface area contributed by atoms with Crippen LogP contribution >= 0.6 is 7.60 Å². The van der Waals surface area contributed by atoms with Crippen LogP contribution in [0.2, 0.25) is 0 Å². The van der Waals surface area contributed by atoms with Gasteiger partial charge >= 0.3 is 7.60 Å². The minimum atomic E-state index is -4.18. The van der Waals surface area contributed by atoms with Crippen molar-refractivity contribution in [1.29, 1.82) is 0 Å². The molecule has 128 valence electrons. The highest BCUT2D eigenvalue weighted by Gasteiger charge is 2.16. The molecule has 0 saturated carbocycles. The first kappa shape index (κ1) is 20.0. The second-order valence-electron chi connectivity index (χ2n) is 5.97. The molecule has 0 spiro atoms. The van der Waals surface area contributed by atoms with Crippen molar-refractivity contribution in [3.63, 3.8) is 0 Å². The van der Waals surface area contributed by atoms with Crippen molar-refractivity contribution in [1.82, 2.24) is 0 Å². The maximum absolute atomic E-state index is 11.2. The van der Waals surface area contributed by atoms with Gasteiger partial charge in [-0.25, -0.2) is 0 Å². The van der Waals surface area contributed by atoms with Crippen LogP contribution in [0.3, 0.4) is 0 Å². The molecule has 3 nitrogen and oxygen atoms in total. The Morgan fingerprint density at radius 3 is 2.17 bits per heavy atom. The van der Waals surface area contributed by atoms with Crippen LogP contribution in [0.4, 0.5) is 0 Å². The summed E-state index contributed by atoms with van der Waals surface area (Å²) in [7, 11) is -4.18. The van der Waals surface area contributed by atoms with Crippen molar-refractivity contribution in [3.8, 4) is 11.8 Å². The molecule has 0 amide bonds. The van der Waals surface area contributed by atoms with E-state index in [-0.39, 0.29) is 5.30 Å². The van der Waals surface area contributed by atoms with Crippen molar-refractivity contribution in [3.05, 3.63) is 29.8 Å². The zero-order valence-corrected chi connectivity index (χ0v) is 15.0. The van der Waals surface area contributed by atoms with Gasteiger partial charge in [0, 0.05) is 12.0 Å². The fraction of sp³-hybridized carbons (Fsp3) is 0.579. The van der Waals surface area contributed by atoms with E-state index in [1.54, 1.807) is 12.1 Å². The first-order valence-electron chi connectivity index (χ1n) is 8.69. The third kappa shape index (κ3) is 9.61. The van der Waals surface area contributed by atoms with Crippen LogP contribution < -0.4 is 5.30 Å². The van der Waals surface area contributed by atoms with Crippen molar-refractivity contribution in [2.45, 2.75) is 71.1 Å². The van der Waals surface area contributed by atoms with E-state index >= 15 is 0 Å². The summed E-state index contributed by atoms with van der Waals surface area (Å²) in [6.45, 7) is 2.24. The Kier molecular flexibility index (Phi) is 9.96. The SMILES string of the molecule is CCCCCCCCCCCC#Cc1cccc(P(=O)(O)O)c1. The van der Waals surface area contributed by atoms with Crippen molar-refractivity contribution in [2.24, 2.45) is 0 Å². The Morgan fingerprint density at radius 2 is 1.57 bits per heavy atom. The second-order valence-corrected chi connectivity index (χ2v) is 7.58. The van der Waals surface area contributed by atoms with E-state index < -0.39 is 7.60 Å². The smallest absolute Gasteiger partial charge is 0.321 e. The van der Waals surface area contributed by atoms with Crippen LogP contribution in [0.1, 0.15) is 76.7 Å². The molecular weight excluding hydrogens is 307 g/mol. The van der Waals surface area contributed by atoms with Crippen LogP contribution in [-0.4, -0.2) is 9.79 Å². The Bertz CT molecular complexity index is 551. The summed E-state index contributed by atoms with van der Waals surface area (Å²) in [5, 5.41) is 0.0346. The molecule has 0 aromatic heterocycles. The lowest BCUT2D eigenvalue weighted by atomic mass is 10.1. The molecule has 0 bridgehead atoms. The fourth-order valence-electron chi connectivity index (χ4n) is 2.45. The summed E-state index contributed by atoms with van der Waals surface area (Å²) in [4.78, 5) is 18.3. The number of benzene rings is 1. The molecule has 1 aromatic rings.